The van der Waals surface area contributed by atoms with E-state index >= 15 is 0 Å². The van der Waals surface area contributed by atoms with Gasteiger partial charge in [0.2, 0.25) is 0 Å². The maximum atomic E-state index is 13.1. The average Bonchev–Trinajstić information content (AvgIpc) is 3.24. The van der Waals surface area contributed by atoms with Gasteiger partial charge in [0, 0.05) is 0 Å². The van der Waals surface area contributed by atoms with Crippen LogP contribution in [0.3, 0.4) is 0 Å². The van der Waals surface area contributed by atoms with Gasteiger partial charge in [0.15, 0.2) is 0 Å². The predicted octanol–water partition coefficient (Wildman–Crippen LogP) is 0.862. The number of imidazole rings is 1. The van der Waals surface area contributed by atoms with E-state index in [-0.39, 0.29) is 25.5 Å². The molecule has 1 aromatic carbocycles. The normalized spacial score (nSPS) is 15.4. The fraction of sp³-hybridized carbons (Fsp3) is 0.478. The van der Waals surface area contributed by atoms with E-state index in [0.29, 0.717) is 20.0 Å². The number of hydrogen-bond acceptors (Lipinski definition) is 7. The number of carboxylic acids is 1. The molecular formula is C23H30BN5O6. The minimum atomic E-state index is -1.11. The fourth-order valence-corrected chi connectivity index (χ4v) is 3.70. The van der Waals surface area contributed by atoms with Gasteiger partial charge in [-0.3, -0.25) is 0 Å². The van der Waals surface area contributed by atoms with E-state index in [1.165, 1.54) is 17.1 Å². The second kappa shape index (κ2) is 11.4. The zero-order valence-electron chi connectivity index (χ0n) is 19.8. The summed E-state index contributed by atoms with van der Waals surface area (Å²) in [7, 11) is 0.643. The number of aromatic nitrogens is 2. The van der Waals surface area contributed by atoms with Crippen molar-refractivity contribution in [3.8, 4) is 0 Å². The topological polar surface area (TPSA) is 152 Å². The van der Waals surface area contributed by atoms with Crippen molar-refractivity contribution in [2.45, 2.75) is 56.8 Å². The van der Waals surface area contributed by atoms with Crippen molar-refractivity contribution in [2.24, 2.45) is 0 Å². The Kier molecular flexibility index (Phi) is 8.52. The van der Waals surface area contributed by atoms with E-state index in [1.807, 2.05) is 30.3 Å². The van der Waals surface area contributed by atoms with Gasteiger partial charge in [0.1, 0.15) is 0 Å². The van der Waals surface area contributed by atoms with Crippen LogP contribution >= 0.6 is 0 Å². The van der Waals surface area contributed by atoms with Crippen molar-refractivity contribution in [3.05, 3.63) is 48.4 Å². The number of benzene rings is 1. The molecule has 1 saturated carbocycles. The zero-order valence-corrected chi connectivity index (χ0v) is 19.8. The molecule has 1 aromatic heterocycles. The molecule has 0 aliphatic heterocycles. The van der Waals surface area contributed by atoms with Gasteiger partial charge >= 0.3 is 168 Å². The quantitative estimate of drug-likeness (QED) is 0.306. The molecule has 1 fully saturated rings. The molecule has 2 aromatic rings. The van der Waals surface area contributed by atoms with Crippen LogP contribution in [-0.2, 0) is 36.0 Å². The second-order valence-electron chi connectivity index (χ2n) is 9.05. The number of rotatable bonds is 13. The molecule has 0 bridgehead atoms. The number of carboxylic acid groups (broad SMARTS) is 1. The summed E-state index contributed by atoms with van der Waals surface area (Å²) in [4.78, 5) is 41.7. The molecule has 1 aliphatic carbocycles. The van der Waals surface area contributed by atoms with Crippen molar-refractivity contribution in [1.29, 1.82) is 0 Å². The van der Waals surface area contributed by atoms with Gasteiger partial charge in [-0.1, -0.05) is 6.07 Å². The molecule has 186 valence electrons. The number of anilines is 1. The van der Waals surface area contributed by atoms with E-state index in [1.54, 1.807) is 13.8 Å². The molecule has 1 unspecified atom stereocenters. The van der Waals surface area contributed by atoms with Crippen molar-refractivity contribution in [3.63, 3.8) is 0 Å². The van der Waals surface area contributed by atoms with Crippen molar-refractivity contribution >= 4 is 30.8 Å². The maximum absolute atomic E-state index is 13.1. The molecular weight excluding hydrogens is 453 g/mol. The third-order valence-corrected chi connectivity index (χ3v) is 6.12. The van der Waals surface area contributed by atoms with Crippen LogP contribution in [0.15, 0.2) is 42.9 Å². The Morgan fingerprint density at radius 3 is 2.57 bits per heavy atom. The Balaban J connectivity index is 1.69. The van der Waals surface area contributed by atoms with Crippen LogP contribution in [0, 0.1) is 0 Å². The van der Waals surface area contributed by atoms with Gasteiger partial charge in [0.05, 0.1) is 0 Å². The molecule has 1 heterocycles. The fourth-order valence-electron chi connectivity index (χ4n) is 3.70. The van der Waals surface area contributed by atoms with Crippen molar-refractivity contribution in [2.75, 3.05) is 18.4 Å². The summed E-state index contributed by atoms with van der Waals surface area (Å²) in [6, 6.07) is 8.32. The van der Waals surface area contributed by atoms with Crippen LogP contribution in [0.4, 0.5) is 5.82 Å². The van der Waals surface area contributed by atoms with Crippen LogP contribution < -0.4 is 16.0 Å². The van der Waals surface area contributed by atoms with Gasteiger partial charge in [-0.25, -0.2) is 4.79 Å². The first-order valence-electron chi connectivity index (χ1n) is 11.4. The Bertz CT molecular complexity index is 1050. The molecule has 1 atom stereocenters. The molecule has 0 spiro atoms. The predicted molar refractivity (Wildman–Crippen MR) is 127 cm³/mol. The van der Waals surface area contributed by atoms with E-state index in [2.05, 4.69) is 20.9 Å². The Hall–Kier alpha value is -3.38. The number of hydrogen-bond donors (Lipinski definition) is 4. The van der Waals surface area contributed by atoms with Crippen molar-refractivity contribution < 1.29 is 28.9 Å². The summed E-state index contributed by atoms with van der Waals surface area (Å²) in [6.07, 6.45) is 4.61. The van der Waals surface area contributed by atoms with Crippen LogP contribution in [-0.4, -0.2) is 64.2 Å². The zero-order chi connectivity index (χ0) is 25.5. The van der Waals surface area contributed by atoms with Crippen LogP contribution in [0.25, 0.3) is 0 Å². The third-order valence-electron chi connectivity index (χ3n) is 6.12. The summed E-state index contributed by atoms with van der Waals surface area (Å²) < 4.78 is 17.9. The van der Waals surface area contributed by atoms with Gasteiger partial charge in [0.25, 0.3) is 0 Å². The number of carbonyl (C=O) groups excluding carboxylic acids is 2. The summed E-state index contributed by atoms with van der Waals surface area (Å²) >= 11 is 0. The second-order valence-corrected chi connectivity index (χ2v) is 9.05. The monoisotopic (exact) mass is 483 g/mol. The Morgan fingerprint density at radius 2 is 1.97 bits per heavy atom. The summed E-state index contributed by atoms with van der Waals surface area (Å²) in [5.74, 6) is -1.83. The summed E-state index contributed by atoms with van der Waals surface area (Å²) in [5, 5.41) is 17.7. The van der Waals surface area contributed by atoms with Gasteiger partial charge < -0.3 is 5.11 Å². The van der Waals surface area contributed by atoms with Gasteiger partial charge in [-0.05, 0) is 19.3 Å². The van der Waals surface area contributed by atoms with Gasteiger partial charge in [-0.15, -0.1) is 0 Å². The molecule has 35 heavy (non-hydrogen) atoms. The van der Waals surface area contributed by atoms with Crippen LogP contribution in [0.1, 0.15) is 38.7 Å². The Labute approximate surface area is 203 Å². The molecule has 0 radical (unpaired) electrons. The van der Waals surface area contributed by atoms with E-state index in [4.69, 9.17) is 4.74 Å². The average molecular weight is 483 g/mol. The number of nitrogens with zero attached hydrogens (tertiary/aromatic N) is 2. The molecule has 3 rings (SSSR count). The van der Waals surface area contributed by atoms with Crippen LogP contribution in [0.2, 0.25) is 0 Å². The number of aliphatic carboxylic acids is 1. The first-order chi connectivity index (χ1) is 16.7. The minimum absolute atomic E-state index is 0.0233. The first kappa shape index (κ1) is 26.2. The van der Waals surface area contributed by atoms with E-state index in [9.17, 15) is 24.2 Å². The molecule has 0 saturated heterocycles. The van der Waals surface area contributed by atoms with Crippen LogP contribution in [0.5, 0.6) is 0 Å². The molecule has 4 N–H and O–H groups in total. The molecule has 1 aliphatic rings. The van der Waals surface area contributed by atoms with E-state index < -0.39 is 34.9 Å². The molecule has 12 heteroatoms. The number of amides is 2. The molecule has 11 nitrogen and oxygen atoms in total. The number of nitrogens with one attached hydrogen (secondary N) is 3. The molecule has 2 amide bonds. The summed E-state index contributed by atoms with van der Waals surface area (Å²) in [6.45, 7) is 3.31. The first-order valence-corrected chi connectivity index (χ1v) is 11.4. The van der Waals surface area contributed by atoms with Crippen molar-refractivity contribution in [1.82, 2.24) is 20.2 Å². The van der Waals surface area contributed by atoms with E-state index in [0.717, 1.165) is 12.0 Å². The number of carbonyl (C=O) groups is 3. The standard InChI is InChI=1S/C23H30BN5O6/c1-22(2,26-14-24-34)20(31)27-17(13-35-12-16-7-4-3-5-8-16)19(30)28-18-11-29(15-25-18)23(21(32)33)9-6-10-23/h3-5,7-8,11,15,17,26H,6,9-10,12-14H2,1-2H3,(H,27,31)(H,28,30)(H,32,33). The van der Waals surface area contributed by atoms with Gasteiger partial charge in [-0.2, -0.15) is 0 Å². The number of ether oxygens (including phenoxy) is 1. The summed E-state index contributed by atoms with van der Waals surface area (Å²) in [5.41, 5.74) is -1.25. The third kappa shape index (κ3) is 6.40. The SMILES string of the molecule is CC(C)(NCB=O)C(=O)NC(COCc1ccccc1)C(=O)Nc1cn(C2(C(=O)O)CCC2)cn1. The Morgan fingerprint density at radius 1 is 1.26 bits per heavy atom.